The van der Waals surface area contributed by atoms with Gasteiger partial charge in [0, 0.05) is 13.6 Å². The molecule has 11 heteroatoms. The van der Waals surface area contributed by atoms with Crippen LogP contribution in [-0.2, 0) is 37.8 Å². The standard InChI is InChI=1S/C30H30N4O6S/c1-21-29(30(37)34(32(21)2)23-12-5-3-6-13-23)31-27(35)20-40-28(36)19-26-25-16-10-9-11-22(25)17-18-33(26)41(38,39)24-14-7-4-8-15-24/h3-16,26H,17-20H2,1-2H3,(H,31,35). The van der Waals surface area contributed by atoms with Crippen molar-refractivity contribution in [1.29, 1.82) is 0 Å². The number of nitrogens with zero attached hydrogens (tertiary/aromatic N) is 3. The van der Waals surface area contributed by atoms with E-state index < -0.39 is 40.1 Å². The minimum atomic E-state index is -3.90. The van der Waals surface area contributed by atoms with Crippen molar-refractivity contribution < 1.29 is 22.7 Å². The Hall–Kier alpha value is -4.48. The van der Waals surface area contributed by atoms with Gasteiger partial charge in [-0.05, 0) is 48.7 Å². The highest BCUT2D eigenvalue weighted by molar-refractivity contribution is 7.89. The molecule has 5 rings (SSSR count). The molecule has 0 saturated heterocycles. The minimum Gasteiger partial charge on any atom is -0.456 e. The average Bonchev–Trinajstić information content (AvgIpc) is 3.19. The summed E-state index contributed by atoms with van der Waals surface area (Å²) in [5, 5.41) is 2.56. The molecule has 0 spiro atoms. The van der Waals surface area contributed by atoms with E-state index in [2.05, 4.69) is 5.32 Å². The van der Waals surface area contributed by atoms with Gasteiger partial charge >= 0.3 is 5.97 Å². The first kappa shape index (κ1) is 28.1. The number of hydrogen-bond acceptors (Lipinski definition) is 6. The van der Waals surface area contributed by atoms with E-state index >= 15 is 0 Å². The smallest absolute Gasteiger partial charge is 0.308 e. The van der Waals surface area contributed by atoms with E-state index in [9.17, 15) is 22.8 Å². The van der Waals surface area contributed by atoms with Crippen molar-refractivity contribution in [2.24, 2.45) is 7.05 Å². The molecular formula is C30H30N4O6S. The zero-order chi connectivity index (χ0) is 29.1. The lowest BCUT2D eigenvalue weighted by molar-refractivity contribution is -0.148. The molecule has 10 nitrogen and oxygen atoms in total. The maximum Gasteiger partial charge on any atom is 0.308 e. The van der Waals surface area contributed by atoms with Gasteiger partial charge in [0.2, 0.25) is 10.0 Å². The van der Waals surface area contributed by atoms with Gasteiger partial charge < -0.3 is 10.1 Å². The molecule has 0 fully saturated rings. The largest absolute Gasteiger partial charge is 0.456 e. The fourth-order valence-corrected chi connectivity index (χ4v) is 6.73. The maximum atomic E-state index is 13.5. The van der Waals surface area contributed by atoms with E-state index in [0.717, 1.165) is 11.1 Å². The Bertz CT molecular complexity index is 1750. The van der Waals surface area contributed by atoms with Crippen molar-refractivity contribution >= 4 is 27.6 Å². The SMILES string of the molecule is Cc1c(NC(=O)COC(=O)CC2c3ccccc3CCN2S(=O)(=O)c2ccccc2)c(=O)n(-c2ccccc2)n1C. The normalized spacial score (nSPS) is 15.2. The molecule has 4 aromatic rings. The Labute approximate surface area is 237 Å². The number of nitrogens with one attached hydrogen (secondary N) is 1. The van der Waals surface area contributed by atoms with E-state index in [0.29, 0.717) is 17.8 Å². The summed E-state index contributed by atoms with van der Waals surface area (Å²) in [6, 6.07) is 23.7. The Morgan fingerprint density at radius 2 is 1.59 bits per heavy atom. The summed E-state index contributed by atoms with van der Waals surface area (Å²) in [6.45, 7) is 1.27. The molecule has 3 aromatic carbocycles. The van der Waals surface area contributed by atoms with Crippen molar-refractivity contribution in [2.45, 2.75) is 30.7 Å². The van der Waals surface area contributed by atoms with Gasteiger partial charge in [-0.15, -0.1) is 0 Å². The highest BCUT2D eigenvalue weighted by Gasteiger charge is 2.37. The average molecular weight is 575 g/mol. The number of ether oxygens (including phenoxy) is 1. The summed E-state index contributed by atoms with van der Waals surface area (Å²) in [5.74, 6) is -1.41. The molecule has 0 bridgehead atoms. The minimum absolute atomic E-state index is 0.0822. The predicted molar refractivity (Wildman–Crippen MR) is 153 cm³/mol. The summed E-state index contributed by atoms with van der Waals surface area (Å²) in [7, 11) is -2.19. The number of sulfonamides is 1. The quantitative estimate of drug-likeness (QED) is 0.323. The number of benzene rings is 3. The molecule has 2 heterocycles. The van der Waals surface area contributed by atoms with Crippen LogP contribution in [0, 0.1) is 6.92 Å². The molecular weight excluding hydrogens is 544 g/mol. The number of fused-ring (bicyclic) bond motifs is 1. The molecule has 41 heavy (non-hydrogen) atoms. The zero-order valence-corrected chi connectivity index (χ0v) is 23.5. The van der Waals surface area contributed by atoms with Crippen molar-refractivity contribution in [3.8, 4) is 5.69 Å². The van der Waals surface area contributed by atoms with Crippen LogP contribution in [0.4, 0.5) is 5.69 Å². The number of aromatic nitrogens is 2. The number of esters is 1. The van der Waals surface area contributed by atoms with E-state index in [1.54, 1.807) is 67.2 Å². The molecule has 212 valence electrons. The topological polar surface area (TPSA) is 120 Å². The molecule has 0 radical (unpaired) electrons. The lowest BCUT2D eigenvalue weighted by atomic mass is 9.92. The second-order valence-corrected chi connectivity index (χ2v) is 11.6. The zero-order valence-electron chi connectivity index (χ0n) is 22.7. The molecule has 1 N–H and O–H groups in total. The molecule has 1 aliphatic rings. The number of anilines is 1. The Morgan fingerprint density at radius 1 is 0.951 bits per heavy atom. The fourth-order valence-electron chi connectivity index (χ4n) is 5.11. The van der Waals surface area contributed by atoms with Crippen LogP contribution < -0.4 is 10.9 Å². The third-order valence-corrected chi connectivity index (χ3v) is 9.18. The molecule has 1 aliphatic heterocycles. The van der Waals surface area contributed by atoms with Crippen LogP contribution in [0.2, 0.25) is 0 Å². The number of para-hydroxylation sites is 1. The second kappa shape index (κ2) is 11.6. The summed E-state index contributed by atoms with van der Waals surface area (Å²) in [5.41, 5.74) is 2.50. The van der Waals surface area contributed by atoms with Crippen molar-refractivity contribution in [3.63, 3.8) is 0 Å². The first-order valence-corrected chi connectivity index (χ1v) is 14.6. The highest BCUT2D eigenvalue weighted by atomic mass is 32.2. The molecule has 0 aliphatic carbocycles. The van der Waals surface area contributed by atoms with Crippen molar-refractivity contribution in [1.82, 2.24) is 13.7 Å². The number of amides is 1. The van der Waals surface area contributed by atoms with E-state index in [-0.39, 0.29) is 23.5 Å². The third-order valence-electron chi connectivity index (χ3n) is 7.26. The van der Waals surface area contributed by atoms with E-state index in [4.69, 9.17) is 4.74 Å². The van der Waals surface area contributed by atoms with Crippen molar-refractivity contribution in [3.05, 3.63) is 112 Å². The summed E-state index contributed by atoms with van der Waals surface area (Å²) < 4.78 is 36.7. The summed E-state index contributed by atoms with van der Waals surface area (Å²) >= 11 is 0. The van der Waals surface area contributed by atoms with Gasteiger partial charge in [-0.25, -0.2) is 13.1 Å². The van der Waals surface area contributed by atoms with Crippen molar-refractivity contribution in [2.75, 3.05) is 18.5 Å². The fraction of sp³-hybridized carbons (Fsp3) is 0.233. The van der Waals surface area contributed by atoms with Crippen LogP contribution in [0.15, 0.2) is 94.6 Å². The lowest BCUT2D eigenvalue weighted by Gasteiger charge is -2.36. The van der Waals surface area contributed by atoms with Crippen LogP contribution in [-0.4, -0.2) is 47.1 Å². The number of carbonyl (C=O) groups is 2. The van der Waals surface area contributed by atoms with Gasteiger partial charge in [-0.1, -0.05) is 60.7 Å². The number of hydrogen-bond donors (Lipinski definition) is 1. The van der Waals surface area contributed by atoms with Gasteiger partial charge in [0.15, 0.2) is 6.61 Å². The Balaban J connectivity index is 1.30. The monoisotopic (exact) mass is 574 g/mol. The van der Waals surface area contributed by atoms with E-state index in [1.807, 2.05) is 24.3 Å². The Morgan fingerprint density at radius 3 is 2.29 bits per heavy atom. The van der Waals surface area contributed by atoms with Gasteiger partial charge in [0.1, 0.15) is 5.69 Å². The van der Waals surface area contributed by atoms with Crippen LogP contribution in [0.3, 0.4) is 0 Å². The maximum absolute atomic E-state index is 13.5. The first-order valence-electron chi connectivity index (χ1n) is 13.1. The molecule has 1 unspecified atom stereocenters. The number of rotatable bonds is 8. The molecule has 0 saturated carbocycles. The molecule has 1 amide bonds. The summed E-state index contributed by atoms with van der Waals surface area (Å²) in [4.78, 5) is 38.9. The third kappa shape index (κ3) is 5.59. The number of carbonyl (C=O) groups excluding carboxylic acids is 2. The van der Waals surface area contributed by atoms with E-state index in [1.165, 1.54) is 21.1 Å². The highest BCUT2D eigenvalue weighted by Crippen LogP contribution is 2.36. The van der Waals surface area contributed by atoms with Gasteiger partial charge in [0.25, 0.3) is 11.5 Å². The van der Waals surface area contributed by atoms with Crippen LogP contribution in [0.25, 0.3) is 5.69 Å². The lowest BCUT2D eigenvalue weighted by Crippen LogP contribution is -2.41. The van der Waals surface area contributed by atoms with Gasteiger partial charge in [-0.2, -0.15) is 4.31 Å². The first-order chi connectivity index (χ1) is 19.7. The predicted octanol–water partition coefficient (Wildman–Crippen LogP) is 3.34. The van der Waals surface area contributed by atoms with Gasteiger partial charge in [0.05, 0.1) is 28.7 Å². The summed E-state index contributed by atoms with van der Waals surface area (Å²) in [6.07, 6.45) is 0.231. The van der Waals surface area contributed by atoms with Crippen LogP contribution in [0.5, 0.6) is 0 Å². The molecule has 1 aromatic heterocycles. The van der Waals surface area contributed by atoms with Crippen LogP contribution >= 0.6 is 0 Å². The van der Waals surface area contributed by atoms with Gasteiger partial charge in [-0.3, -0.25) is 19.1 Å². The Kier molecular flexibility index (Phi) is 7.91. The second-order valence-electron chi connectivity index (χ2n) is 9.74. The van der Waals surface area contributed by atoms with Crippen LogP contribution in [0.1, 0.15) is 29.3 Å². The molecule has 1 atom stereocenters.